The van der Waals surface area contributed by atoms with Crippen LogP contribution < -0.4 is 7.68 Å². The van der Waals surface area contributed by atoms with E-state index in [4.69, 9.17) is 0 Å². The number of rotatable bonds is 1. The molecule has 0 spiro atoms. The van der Waals surface area contributed by atoms with Gasteiger partial charge in [0.1, 0.15) is 0 Å². The van der Waals surface area contributed by atoms with Crippen LogP contribution in [0.15, 0.2) is 35.3 Å². The number of piperidine rings is 1. The van der Waals surface area contributed by atoms with Gasteiger partial charge in [0, 0.05) is 0 Å². The fourth-order valence-electron chi connectivity index (χ4n) is 2.19. The minimum atomic E-state index is -6.00. The standard InChI is InChI=1S/C14H16NSe2.BF4/c1-3-7-12(8-4-1)13-11-16-14(17-13)15-9-5-2-6-10-15;2-1(3,4)5/h1,3-4,7-8,11H,2,5-6,9-10H2;/q+1;-1. The number of benzene rings is 1. The summed E-state index contributed by atoms with van der Waals surface area (Å²) < 4.78 is 45.1. The van der Waals surface area contributed by atoms with Gasteiger partial charge < -0.3 is 17.3 Å². The summed E-state index contributed by atoms with van der Waals surface area (Å²) in [5.74, 6) is 0. The predicted octanol–water partition coefficient (Wildman–Crippen LogP) is 2.72. The summed E-state index contributed by atoms with van der Waals surface area (Å²) in [6.45, 7) is 2.63. The van der Waals surface area contributed by atoms with Gasteiger partial charge in [-0.05, 0) is 0 Å². The molecule has 1 fully saturated rings. The number of hydrogen-bond donors (Lipinski definition) is 0. The second-order valence-electron chi connectivity index (χ2n) is 4.88. The molecule has 0 saturated carbocycles. The van der Waals surface area contributed by atoms with Gasteiger partial charge in [-0.25, -0.2) is 0 Å². The summed E-state index contributed by atoms with van der Waals surface area (Å²) in [4.78, 5) is 2.51. The molecule has 0 aliphatic carbocycles. The quantitative estimate of drug-likeness (QED) is 0.363. The first-order chi connectivity index (χ1) is 10.4. The Bertz CT molecular complexity index is 635. The molecule has 0 bridgehead atoms. The Labute approximate surface area is 138 Å². The van der Waals surface area contributed by atoms with Crippen molar-refractivity contribution < 1.29 is 17.3 Å². The van der Waals surface area contributed by atoms with Crippen LogP contribution in [0.5, 0.6) is 0 Å². The van der Waals surface area contributed by atoms with E-state index < -0.39 is 7.25 Å². The molecule has 1 aromatic heterocycles. The fraction of sp³-hybridized carbons (Fsp3) is 0.357. The van der Waals surface area contributed by atoms with Crippen molar-refractivity contribution in [3.63, 3.8) is 0 Å². The predicted molar refractivity (Wildman–Crippen MR) is 84.8 cm³/mol. The molecule has 0 N–H and O–H groups in total. The molecule has 22 heavy (non-hydrogen) atoms. The van der Waals surface area contributed by atoms with Crippen LogP contribution in [0, 0.1) is 0 Å². The Hall–Kier alpha value is -0.546. The van der Waals surface area contributed by atoms with Crippen molar-refractivity contribution in [3.8, 4) is 10.0 Å². The summed E-state index contributed by atoms with van der Waals surface area (Å²) in [6, 6.07) is 10.9. The zero-order chi connectivity index (χ0) is 16.0. The third-order valence-corrected chi connectivity index (χ3v) is 9.67. The van der Waals surface area contributed by atoms with Gasteiger partial charge in [0.15, 0.2) is 0 Å². The molecule has 120 valence electrons. The van der Waals surface area contributed by atoms with Crippen LogP contribution in [0.25, 0.3) is 10.0 Å². The molecule has 0 unspecified atom stereocenters. The third kappa shape index (κ3) is 6.29. The molecule has 0 radical (unpaired) electrons. The monoisotopic (exact) mass is 445 g/mol. The van der Waals surface area contributed by atoms with Crippen LogP contribution >= 0.6 is 0 Å². The van der Waals surface area contributed by atoms with E-state index in [0.29, 0.717) is 29.0 Å². The van der Waals surface area contributed by atoms with E-state index >= 15 is 0 Å². The van der Waals surface area contributed by atoms with Crippen molar-refractivity contribution in [2.45, 2.75) is 19.3 Å². The molecule has 1 aliphatic rings. The normalized spacial score (nSPS) is 15.2. The second kappa shape index (κ2) is 8.35. The van der Waals surface area contributed by atoms with E-state index in [-0.39, 0.29) is 0 Å². The summed E-state index contributed by atoms with van der Waals surface area (Å²) in [5, 5.41) is 0. The van der Waals surface area contributed by atoms with Gasteiger partial charge in [0.2, 0.25) is 0 Å². The summed E-state index contributed by atoms with van der Waals surface area (Å²) >= 11 is 1.22. The number of halogens is 4. The molecule has 8 heteroatoms. The van der Waals surface area contributed by atoms with E-state index in [1.54, 1.807) is 7.54 Å². The molecular weight excluding hydrogens is 427 g/mol. The maximum absolute atomic E-state index is 9.75. The number of nitrogens with zero attached hydrogens (tertiary/aromatic N) is 1. The van der Waals surface area contributed by atoms with Crippen LogP contribution in [-0.4, -0.2) is 49.4 Å². The van der Waals surface area contributed by atoms with Crippen molar-refractivity contribution in [2.75, 3.05) is 13.1 Å². The zero-order valence-corrected chi connectivity index (χ0v) is 15.3. The fourth-order valence-corrected chi connectivity index (χ4v) is 8.47. The van der Waals surface area contributed by atoms with Gasteiger partial charge in [-0.1, -0.05) is 0 Å². The minimum absolute atomic E-state index is 0.596. The Kier molecular flexibility index (Phi) is 6.75. The average molecular weight is 443 g/mol. The SMILES string of the molecule is F[B-](F)(F)F.c1ccc(-c2c[se]c(=[N+]3CCCCC3)[se]2)cc1. The Morgan fingerprint density at radius 3 is 2.09 bits per heavy atom. The van der Waals surface area contributed by atoms with Gasteiger partial charge in [-0.3, -0.25) is 0 Å². The number of hydrogen-bond acceptors (Lipinski definition) is 0. The molecular formula is C14H16BF4NSe2. The maximum atomic E-state index is 9.75. The summed E-state index contributed by atoms with van der Waals surface area (Å²) in [7, 11) is -6.00. The van der Waals surface area contributed by atoms with Gasteiger partial charge in [-0.2, -0.15) is 0 Å². The first kappa shape index (κ1) is 17.8. The Morgan fingerprint density at radius 2 is 1.50 bits per heavy atom. The molecule has 3 rings (SSSR count). The zero-order valence-electron chi connectivity index (χ0n) is 11.9. The molecule has 2 aromatic rings. The average Bonchev–Trinajstić information content (AvgIpc) is 2.97. The molecule has 1 aliphatic heterocycles. The van der Waals surface area contributed by atoms with Gasteiger partial charge in [0.25, 0.3) is 0 Å². The third-order valence-electron chi connectivity index (χ3n) is 3.14. The van der Waals surface area contributed by atoms with Gasteiger partial charge in [-0.15, -0.1) is 0 Å². The first-order valence-corrected chi connectivity index (χ1v) is 10.6. The van der Waals surface area contributed by atoms with Crippen molar-refractivity contribution in [3.05, 3.63) is 38.4 Å². The van der Waals surface area contributed by atoms with Crippen molar-refractivity contribution >= 4 is 36.3 Å². The first-order valence-electron chi connectivity index (χ1n) is 7.03. The van der Waals surface area contributed by atoms with E-state index in [1.807, 2.05) is 0 Å². The molecule has 1 saturated heterocycles. The van der Waals surface area contributed by atoms with E-state index in [1.165, 1.54) is 37.9 Å². The summed E-state index contributed by atoms with van der Waals surface area (Å²) in [6.07, 6.45) is 4.23. The molecule has 0 amide bonds. The van der Waals surface area contributed by atoms with Gasteiger partial charge in [0.05, 0.1) is 0 Å². The van der Waals surface area contributed by atoms with Crippen molar-refractivity contribution in [1.82, 2.24) is 4.58 Å². The second-order valence-corrected chi connectivity index (χ2v) is 10.1. The van der Waals surface area contributed by atoms with Gasteiger partial charge >= 0.3 is 122 Å². The molecule has 1 nitrogen and oxygen atoms in total. The van der Waals surface area contributed by atoms with Crippen molar-refractivity contribution in [1.29, 1.82) is 0 Å². The van der Waals surface area contributed by atoms with E-state index in [2.05, 4.69) is 39.8 Å². The van der Waals surface area contributed by atoms with Crippen LogP contribution in [0.2, 0.25) is 0 Å². The summed E-state index contributed by atoms with van der Waals surface area (Å²) in [5.41, 5.74) is 1.45. The topological polar surface area (TPSA) is 3.01 Å². The van der Waals surface area contributed by atoms with E-state index in [0.717, 1.165) is 0 Å². The Morgan fingerprint density at radius 1 is 0.909 bits per heavy atom. The van der Waals surface area contributed by atoms with Crippen LogP contribution in [-0.2, 0) is 0 Å². The van der Waals surface area contributed by atoms with E-state index in [9.17, 15) is 17.3 Å². The van der Waals surface area contributed by atoms with Crippen LogP contribution in [0.4, 0.5) is 17.3 Å². The molecule has 0 atom stereocenters. The molecule has 1 aromatic carbocycles. The van der Waals surface area contributed by atoms with Crippen LogP contribution in [0.1, 0.15) is 19.3 Å². The van der Waals surface area contributed by atoms with Crippen molar-refractivity contribution in [2.24, 2.45) is 0 Å². The molecule has 2 heterocycles. The Balaban J connectivity index is 0.000000309. The van der Waals surface area contributed by atoms with Crippen LogP contribution in [0.3, 0.4) is 0 Å².